The van der Waals surface area contributed by atoms with Crippen LogP contribution in [0.2, 0.25) is 10.0 Å². The minimum absolute atomic E-state index is 0.0340. The van der Waals surface area contributed by atoms with Crippen LogP contribution in [0.3, 0.4) is 0 Å². The average Bonchev–Trinajstić information content (AvgIpc) is 2.37. The summed E-state index contributed by atoms with van der Waals surface area (Å²) in [5.41, 5.74) is 0.457. The molecule has 1 aromatic carbocycles. The van der Waals surface area contributed by atoms with Crippen LogP contribution in [-0.4, -0.2) is 14.3 Å². The molecule has 3 N–H and O–H groups in total. The SMILES string of the molecule is CCCC(C)C(=O)Nc1c(Cl)cc(S(N)(=O)=O)c(C)c1Cl. The van der Waals surface area contributed by atoms with E-state index in [0.29, 0.717) is 0 Å². The number of sulfonamides is 1. The Labute approximate surface area is 134 Å². The highest BCUT2D eigenvalue weighted by Crippen LogP contribution is 2.37. The minimum Gasteiger partial charge on any atom is -0.323 e. The summed E-state index contributed by atoms with van der Waals surface area (Å²) < 4.78 is 22.9. The molecule has 0 aliphatic rings. The summed E-state index contributed by atoms with van der Waals surface area (Å²) in [6.45, 7) is 5.28. The van der Waals surface area contributed by atoms with Gasteiger partial charge in [0, 0.05) is 5.92 Å². The molecule has 0 heterocycles. The molecule has 21 heavy (non-hydrogen) atoms. The van der Waals surface area contributed by atoms with E-state index in [1.54, 1.807) is 6.92 Å². The lowest BCUT2D eigenvalue weighted by Gasteiger charge is -2.16. The molecule has 5 nitrogen and oxygen atoms in total. The Morgan fingerprint density at radius 1 is 1.43 bits per heavy atom. The summed E-state index contributed by atoms with van der Waals surface area (Å²) in [6.07, 6.45) is 1.61. The number of halogens is 2. The molecule has 1 amide bonds. The van der Waals surface area contributed by atoms with E-state index in [0.717, 1.165) is 12.8 Å². The van der Waals surface area contributed by atoms with Gasteiger partial charge in [-0.2, -0.15) is 0 Å². The number of hydrogen-bond acceptors (Lipinski definition) is 3. The molecule has 0 radical (unpaired) electrons. The van der Waals surface area contributed by atoms with E-state index in [-0.39, 0.29) is 38.0 Å². The molecule has 0 bridgehead atoms. The van der Waals surface area contributed by atoms with Gasteiger partial charge in [0.05, 0.1) is 20.6 Å². The lowest BCUT2D eigenvalue weighted by Crippen LogP contribution is -2.21. The third-order valence-electron chi connectivity index (χ3n) is 3.14. The molecule has 1 rings (SSSR count). The molecule has 8 heteroatoms. The number of carbonyl (C=O) groups is 1. The van der Waals surface area contributed by atoms with E-state index >= 15 is 0 Å². The number of nitrogens with two attached hydrogens (primary N) is 1. The zero-order valence-electron chi connectivity index (χ0n) is 12.0. The predicted molar refractivity (Wildman–Crippen MR) is 85.3 cm³/mol. The van der Waals surface area contributed by atoms with E-state index in [1.807, 2.05) is 6.92 Å². The largest absolute Gasteiger partial charge is 0.323 e. The molecule has 1 aromatic rings. The Morgan fingerprint density at radius 3 is 2.48 bits per heavy atom. The quantitative estimate of drug-likeness (QED) is 0.851. The van der Waals surface area contributed by atoms with Gasteiger partial charge in [0.1, 0.15) is 0 Å². The highest BCUT2D eigenvalue weighted by molar-refractivity contribution is 7.89. The van der Waals surface area contributed by atoms with Crippen LogP contribution in [0.5, 0.6) is 0 Å². The standard InChI is InChI=1S/C13H18Cl2N2O3S/c1-4-5-7(2)13(18)17-12-9(14)6-10(21(16,19)20)8(3)11(12)15/h6-7H,4-5H2,1-3H3,(H,17,18)(H2,16,19,20). The maximum absolute atomic E-state index is 12.0. The Bertz CT molecular complexity index is 660. The lowest BCUT2D eigenvalue weighted by molar-refractivity contribution is -0.119. The Morgan fingerprint density at radius 2 is 2.00 bits per heavy atom. The van der Waals surface area contributed by atoms with E-state index in [1.165, 1.54) is 13.0 Å². The number of nitrogens with one attached hydrogen (secondary N) is 1. The number of rotatable bonds is 5. The highest BCUT2D eigenvalue weighted by atomic mass is 35.5. The summed E-state index contributed by atoms with van der Waals surface area (Å²) in [4.78, 5) is 11.9. The minimum atomic E-state index is -3.93. The van der Waals surface area contributed by atoms with Gasteiger partial charge < -0.3 is 5.32 Å². The number of hydrogen-bond donors (Lipinski definition) is 2. The zero-order chi connectivity index (χ0) is 16.4. The molecule has 0 saturated carbocycles. The second-order valence-electron chi connectivity index (χ2n) is 4.89. The van der Waals surface area contributed by atoms with Crippen LogP contribution >= 0.6 is 23.2 Å². The zero-order valence-corrected chi connectivity index (χ0v) is 14.4. The molecule has 0 aromatic heterocycles. The molecule has 0 aliphatic heterocycles. The molecule has 1 unspecified atom stereocenters. The van der Waals surface area contributed by atoms with Crippen LogP contribution in [0.4, 0.5) is 5.69 Å². The van der Waals surface area contributed by atoms with Crippen molar-refractivity contribution in [3.8, 4) is 0 Å². The molecular formula is C13H18Cl2N2O3S. The molecule has 1 atom stereocenters. The van der Waals surface area contributed by atoms with Crippen molar-refractivity contribution in [2.24, 2.45) is 11.1 Å². The summed E-state index contributed by atoms with van der Waals surface area (Å²) in [5, 5.41) is 7.85. The third-order valence-corrected chi connectivity index (χ3v) is 4.95. The number of amides is 1. The van der Waals surface area contributed by atoms with Crippen LogP contribution in [0, 0.1) is 12.8 Å². The van der Waals surface area contributed by atoms with Crippen molar-refractivity contribution in [3.05, 3.63) is 21.7 Å². The fourth-order valence-electron chi connectivity index (χ4n) is 1.92. The molecule has 118 valence electrons. The molecule has 0 fully saturated rings. The second kappa shape index (κ2) is 6.96. The van der Waals surface area contributed by atoms with Crippen molar-refractivity contribution in [1.82, 2.24) is 0 Å². The predicted octanol–water partition coefficient (Wildman–Crippen LogP) is 3.32. The van der Waals surface area contributed by atoms with Crippen molar-refractivity contribution < 1.29 is 13.2 Å². The number of benzene rings is 1. The van der Waals surface area contributed by atoms with Gasteiger partial charge in [0.25, 0.3) is 0 Å². The van der Waals surface area contributed by atoms with Gasteiger partial charge >= 0.3 is 0 Å². The van der Waals surface area contributed by atoms with Gasteiger partial charge in [0.15, 0.2) is 0 Å². The summed E-state index contributed by atoms with van der Waals surface area (Å²) in [6, 6.07) is 1.19. The number of anilines is 1. The molecule has 0 spiro atoms. The van der Waals surface area contributed by atoms with Crippen molar-refractivity contribution in [2.75, 3.05) is 5.32 Å². The third kappa shape index (κ3) is 4.32. The van der Waals surface area contributed by atoms with Crippen LogP contribution in [0.15, 0.2) is 11.0 Å². The van der Waals surface area contributed by atoms with Crippen LogP contribution in [0.25, 0.3) is 0 Å². The molecule has 0 aliphatic carbocycles. The van der Waals surface area contributed by atoms with Crippen LogP contribution < -0.4 is 10.5 Å². The fraction of sp³-hybridized carbons (Fsp3) is 0.462. The van der Waals surface area contributed by atoms with Gasteiger partial charge in [-0.1, -0.05) is 43.5 Å². The van der Waals surface area contributed by atoms with Crippen LogP contribution in [0.1, 0.15) is 32.3 Å². The van der Waals surface area contributed by atoms with E-state index in [2.05, 4.69) is 5.32 Å². The monoisotopic (exact) mass is 352 g/mol. The summed E-state index contributed by atoms with van der Waals surface area (Å²) >= 11 is 12.1. The van der Waals surface area contributed by atoms with Gasteiger partial charge in [-0.25, -0.2) is 13.6 Å². The van der Waals surface area contributed by atoms with E-state index < -0.39 is 10.0 Å². The smallest absolute Gasteiger partial charge is 0.238 e. The first-order chi connectivity index (χ1) is 9.59. The Hall–Kier alpha value is -0.820. The van der Waals surface area contributed by atoms with Gasteiger partial charge in [-0.05, 0) is 25.0 Å². The van der Waals surface area contributed by atoms with Gasteiger partial charge in [-0.15, -0.1) is 0 Å². The van der Waals surface area contributed by atoms with Crippen LogP contribution in [-0.2, 0) is 14.8 Å². The van der Waals surface area contributed by atoms with Crippen molar-refractivity contribution in [3.63, 3.8) is 0 Å². The van der Waals surface area contributed by atoms with Gasteiger partial charge in [0.2, 0.25) is 15.9 Å². The fourth-order valence-corrected chi connectivity index (χ4v) is 3.40. The summed E-state index contributed by atoms with van der Waals surface area (Å²) in [7, 11) is -3.93. The first-order valence-corrected chi connectivity index (χ1v) is 8.72. The highest BCUT2D eigenvalue weighted by Gasteiger charge is 2.22. The van der Waals surface area contributed by atoms with Crippen molar-refractivity contribution in [1.29, 1.82) is 0 Å². The second-order valence-corrected chi connectivity index (χ2v) is 7.21. The normalized spacial score (nSPS) is 13.0. The molecule has 0 saturated heterocycles. The Balaban J connectivity index is 3.23. The Kier molecular flexibility index (Phi) is 6.04. The van der Waals surface area contributed by atoms with E-state index in [9.17, 15) is 13.2 Å². The number of carbonyl (C=O) groups excluding carboxylic acids is 1. The first kappa shape index (κ1) is 18.2. The number of primary sulfonamides is 1. The van der Waals surface area contributed by atoms with Crippen molar-refractivity contribution in [2.45, 2.75) is 38.5 Å². The van der Waals surface area contributed by atoms with Gasteiger partial charge in [-0.3, -0.25) is 4.79 Å². The lowest BCUT2D eigenvalue weighted by atomic mass is 10.1. The maximum atomic E-state index is 12.0. The maximum Gasteiger partial charge on any atom is 0.238 e. The van der Waals surface area contributed by atoms with Crippen molar-refractivity contribution >= 4 is 44.8 Å². The first-order valence-electron chi connectivity index (χ1n) is 6.41. The average molecular weight is 353 g/mol. The summed E-state index contributed by atoms with van der Waals surface area (Å²) in [5.74, 6) is -0.413. The topological polar surface area (TPSA) is 89.3 Å². The molecular weight excluding hydrogens is 335 g/mol. The van der Waals surface area contributed by atoms with E-state index in [4.69, 9.17) is 28.3 Å².